The van der Waals surface area contributed by atoms with Gasteiger partial charge < -0.3 is 4.98 Å². The van der Waals surface area contributed by atoms with Gasteiger partial charge in [0.1, 0.15) is 0 Å². The highest BCUT2D eigenvalue weighted by Crippen LogP contribution is 2.36. The quantitative estimate of drug-likeness (QED) is 0.281. The summed E-state index contributed by atoms with van der Waals surface area (Å²) in [5, 5.41) is 5.66. The van der Waals surface area contributed by atoms with Crippen molar-refractivity contribution in [2.75, 3.05) is 0 Å². The summed E-state index contributed by atoms with van der Waals surface area (Å²) < 4.78 is 1.69. The van der Waals surface area contributed by atoms with Crippen LogP contribution < -0.4 is 4.35 Å². The molecule has 2 aromatic rings. The fourth-order valence-electron chi connectivity index (χ4n) is 2.44. The molecule has 0 bridgehead atoms. The first-order valence-electron chi connectivity index (χ1n) is 6.18. The van der Waals surface area contributed by atoms with Crippen molar-refractivity contribution < 1.29 is 0 Å². The number of aromatic amines is 1. The maximum Gasteiger partial charge on any atom is 0.0850 e. The Labute approximate surface area is 158 Å². The average molecular weight is 441 g/mol. The molecule has 7 heteroatoms. The standard InChI is InChI=1S/C15H9Cl2N.BrH.Cl2HN/c16-12-4-2-1-3-10(12)13(17)8-5-6-9-11(7-8)15-14(9)18-15;;1-3-2/h1-7,13,18H;1H;3H. The number of rotatable bonds is 2. The van der Waals surface area contributed by atoms with Gasteiger partial charge in [0.05, 0.1) is 16.1 Å². The molecule has 1 aliphatic carbocycles. The van der Waals surface area contributed by atoms with Gasteiger partial charge >= 0.3 is 0 Å². The zero-order chi connectivity index (χ0) is 15.0. The van der Waals surface area contributed by atoms with Crippen LogP contribution in [0.15, 0.2) is 42.5 Å². The molecule has 4 rings (SSSR count). The van der Waals surface area contributed by atoms with Crippen molar-refractivity contribution in [3.8, 4) is 0 Å². The molecule has 1 aliphatic heterocycles. The Bertz CT molecular complexity index is 894. The predicted octanol–water partition coefficient (Wildman–Crippen LogP) is 6.21. The van der Waals surface area contributed by atoms with E-state index in [4.69, 9.17) is 23.2 Å². The first kappa shape index (κ1) is 17.9. The number of hydrogen-bond donors (Lipinski definition) is 2. The smallest absolute Gasteiger partial charge is 0.0850 e. The number of hydrogen-bond acceptors (Lipinski definition) is 1. The third kappa shape index (κ3) is 3.25. The lowest BCUT2D eigenvalue weighted by atomic mass is 10.00. The molecule has 2 aromatic carbocycles. The molecule has 0 saturated heterocycles. The van der Waals surface area contributed by atoms with Crippen molar-refractivity contribution in [3.05, 3.63) is 69.3 Å². The van der Waals surface area contributed by atoms with Crippen LogP contribution in [0.3, 0.4) is 0 Å². The van der Waals surface area contributed by atoms with Crippen LogP contribution in [0.2, 0.25) is 5.02 Å². The lowest BCUT2D eigenvalue weighted by Gasteiger charge is -2.12. The monoisotopic (exact) mass is 438 g/mol. The summed E-state index contributed by atoms with van der Waals surface area (Å²) in [5.41, 5.74) is 2.04. The summed E-state index contributed by atoms with van der Waals surface area (Å²) in [6.07, 6.45) is 0. The molecule has 1 heterocycles. The minimum Gasteiger partial charge on any atom is -0.351 e. The SMILES string of the molecule is Br.ClNCl.Clc1ccccc1C(Cl)c1ccc2c3[nH]c=3c2c1. The van der Waals surface area contributed by atoms with Gasteiger partial charge in [0.25, 0.3) is 0 Å². The Hall–Kier alpha value is -0.420. The first-order chi connectivity index (χ1) is 10.2. The summed E-state index contributed by atoms with van der Waals surface area (Å²) >= 11 is 21.7. The zero-order valence-corrected chi connectivity index (χ0v) is 15.8. The van der Waals surface area contributed by atoms with E-state index < -0.39 is 0 Å². The molecule has 2 N–H and O–H groups in total. The summed E-state index contributed by atoms with van der Waals surface area (Å²) in [7, 11) is 0. The number of aromatic nitrogens is 1. The van der Waals surface area contributed by atoms with Crippen molar-refractivity contribution >= 4 is 74.5 Å². The topological polar surface area (TPSA) is 27.8 Å². The van der Waals surface area contributed by atoms with Gasteiger partial charge in [0, 0.05) is 15.8 Å². The second kappa shape index (κ2) is 7.43. The van der Waals surface area contributed by atoms with E-state index in [9.17, 15) is 0 Å². The highest BCUT2D eigenvalue weighted by molar-refractivity contribution is 8.93. The van der Waals surface area contributed by atoms with E-state index in [-0.39, 0.29) is 22.4 Å². The third-order valence-corrected chi connectivity index (χ3v) is 4.32. The van der Waals surface area contributed by atoms with Crippen LogP contribution in [0.4, 0.5) is 0 Å². The Morgan fingerprint density at radius 3 is 2.27 bits per heavy atom. The van der Waals surface area contributed by atoms with E-state index in [0.29, 0.717) is 5.02 Å². The van der Waals surface area contributed by atoms with E-state index in [1.54, 1.807) is 4.35 Å². The number of nitrogens with one attached hydrogen (secondary N) is 2. The molecule has 0 amide bonds. The van der Waals surface area contributed by atoms with Crippen LogP contribution in [-0.2, 0) is 0 Å². The van der Waals surface area contributed by atoms with E-state index >= 15 is 0 Å². The van der Waals surface area contributed by atoms with Gasteiger partial charge in [-0.1, -0.05) is 41.9 Å². The van der Waals surface area contributed by atoms with Gasteiger partial charge in [-0.2, -0.15) is 0 Å². The number of benzene rings is 2. The number of H-pyrrole nitrogens is 1. The molecule has 1 atom stereocenters. The summed E-state index contributed by atoms with van der Waals surface area (Å²) in [4.78, 5) is 3.25. The minimum absolute atomic E-state index is 0. The fourth-order valence-corrected chi connectivity index (χ4v) is 3.07. The van der Waals surface area contributed by atoms with Crippen molar-refractivity contribution in [1.29, 1.82) is 0 Å². The van der Waals surface area contributed by atoms with Crippen LogP contribution in [0.25, 0.3) is 10.8 Å². The van der Waals surface area contributed by atoms with Gasteiger partial charge in [-0.3, -0.25) is 0 Å². The molecule has 22 heavy (non-hydrogen) atoms. The average Bonchev–Trinajstić information content (AvgIpc) is 3.20. The second-order valence-corrected chi connectivity index (χ2v) is 6.05. The van der Waals surface area contributed by atoms with Crippen molar-refractivity contribution in [3.63, 3.8) is 0 Å². The molecule has 2 nitrogen and oxygen atoms in total. The lowest BCUT2D eigenvalue weighted by molar-refractivity contribution is 1.15. The molecule has 1 unspecified atom stereocenters. The van der Waals surface area contributed by atoms with Crippen molar-refractivity contribution in [1.82, 2.24) is 9.34 Å². The Morgan fingerprint density at radius 1 is 0.955 bits per heavy atom. The zero-order valence-electron chi connectivity index (χ0n) is 11.0. The lowest BCUT2D eigenvalue weighted by Crippen LogP contribution is -1.94. The maximum absolute atomic E-state index is 6.53. The molecule has 0 aromatic heterocycles. The highest BCUT2D eigenvalue weighted by Gasteiger charge is 2.18. The maximum atomic E-state index is 6.53. The van der Waals surface area contributed by atoms with E-state index in [1.165, 1.54) is 21.5 Å². The van der Waals surface area contributed by atoms with Gasteiger partial charge in [-0.05, 0) is 46.8 Å². The molecule has 116 valence electrons. The van der Waals surface area contributed by atoms with Gasteiger partial charge in [-0.15, -0.1) is 32.9 Å². The second-order valence-electron chi connectivity index (χ2n) is 4.64. The van der Waals surface area contributed by atoms with Crippen LogP contribution >= 0.6 is 63.7 Å². The van der Waals surface area contributed by atoms with E-state index in [1.807, 2.05) is 24.3 Å². The van der Waals surface area contributed by atoms with E-state index in [2.05, 4.69) is 46.7 Å². The third-order valence-electron chi connectivity index (χ3n) is 3.49. The Morgan fingerprint density at radius 2 is 1.59 bits per heavy atom. The molecule has 0 fully saturated rings. The number of alkyl halides is 1. The van der Waals surface area contributed by atoms with Crippen molar-refractivity contribution in [2.24, 2.45) is 0 Å². The van der Waals surface area contributed by atoms with Crippen LogP contribution in [0.1, 0.15) is 16.5 Å². The molecule has 0 saturated carbocycles. The summed E-state index contributed by atoms with van der Waals surface area (Å²) in [6, 6.07) is 14.1. The summed E-state index contributed by atoms with van der Waals surface area (Å²) in [6.45, 7) is 0. The molecule has 0 spiro atoms. The highest BCUT2D eigenvalue weighted by atomic mass is 79.9. The minimum atomic E-state index is -0.201. The van der Waals surface area contributed by atoms with E-state index in [0.717, 1.165) is 11.1 Å². The Kier molecular flexibility index (Phi) is 6.06. The first-order valence-corrected chi connectivity index (χ1v) is 7.75. The predicted molar refractivity (Wildman–Crippen MR) is 100 cm³/mol. The van der Waals surface area contributed by atoms with Gasteiger partial charge in [0.2, 0.25) is 0 Å². The number of fused-ring (bicyclic) bond motifs is 3. The van der Waals surface area contributed by atoms with Gasteiger partial charge in [0.15, 0.2) is 0 Å². The molecular weight excluding hydrogens is 430 g/mol. The van der Waals surface area contributed by atoms with Crippen molar-refractivity contribution in [2.45, 2.75) is 5.38 Å². The fraction of sp³-hybridized carbons (Fsp3) is 0.0667. The van der Waals surface area contributed by atoms with Crippen LogP contribution in [0, 0.1) is 10.7 Å². The molecular formula is C15H11BrCl4N2. The number of halogens is 5. The Balaban J connectivity index is 0.000000411. The summed E-state index contributed by atoms with van der Waals surface area (Å²) in [5.74, 6) is 0. The normalized spacial score (nSPS) is 12.2. The molecule has 2 aliphatic rings. The van der Waals surface area contributed by atoms with Gasteiger partial charge in [-0.25, -0.2) is 0 Å². The molecule has 0 radical (unpaired) electrons. The largest absolute Gasteiger partial charge is 0.351 e. The van der Waals surface area contributed by atoms with Crippen LogP contribution in [0.5, 0.6) is 0 Å². The van der Waals surface area contributed by atoms with Crippen LogP contribution in [-0.4, -0.2) is 4.98 Å².